The van der Waals surface area contributed by atoms with Gasteiger partial charge < -0.3 is 24.6 Å². The van der Waals surface area contributed by atoms with Crippen molar-refractivity contribution in [1.29, 1.82) is 0 Å². The summed E-state index contributed by atoms with van der Waals surface area (Å²) in [4.78, 5) is 9.18. The van der Waals surface area contributed by atoms with E-state index in [1.165, 1.54) is 5.56 Å². The van der Waals surface area contributed by atoms with Gasteiger partial charge in [-0.05, 0) is 57.8 Å². The molecule has 1 aromatic carbocycles. The molecule has 0 spiro atoms. The predicted octanol–water partition coefficient (Wildman–Crippen LogP) is 3.34. The van der Waals surface area contributed by atoms with Crippen LogP contribution in [-0.4, -0.2) is 63.4 Å². The first-order valence-electron chi connectivity index (χ1n) is 9.97. The number of morpholine rings is 1. The summed E-state index contributed by atoms with van der Waals surface area (Å²) in [5, 5.41) is 3.58. The highest BCUT2D eigenvalue weighted by Gasteiger charge is 2.14. The Morgan fingerprint density at radius 3 is 2.50 bits per heavy atom. The van der Waals surface area contributed by atoms with E-state index in [9.17, 15) is 0 Å². The fraction of sp³-hybridized carbons (Fsp3) is 0.500. The molecule has 1 fully saturated rings. The first-order chi connectivity index (χ1) is 13.5. The van der Waals surface area contributed by atoms with Crippen LogP contribution in [0.15, 0.2) is 36.4 Å². The van der Waals surface area contributed by atoms with Crippen LogP contribution in [-0.2, 0) is 4.74 Å². The van der Waals surface area contributed by atoms with Gasteiger partial charge in [-0.1, -0.05) is 12.1 Å². The van der Waals surface area contributed by atoms with Crippen LogP contribution in [0.4, 0.5) is 11.5 Å². The van der Waals surface area contributed by atoms with E-state index in [2.05, 4.69) is 53.2 Å². The molecule has 0 aliphatic carbocycles. The maximum absolute atomic E-state index is 5.77. The average Bonchev–Trinajstić information content (AvgIpc) is 2.70. The van der Waals surface area contributed by atoms with Crippen molar-refractivity contribution < 1.29 is 9.47 Å². The van der Waals surface area contributed by atoms with Crippen molar-refractivity contribution >= 4 is 11.5 Å². The Kier molecular flexibility index (Phi) is 7.12. The van der Waals surface area contributed by atoms with Crippen molar-refractivity contribution in [3.05, 3.63) is 47.7 Å². The molecule has 3 rings (SSSR count). The second-order valence-electron chi connectivity index (χ2n) is 7.49. The van der Waals surface area contributed by atoms with E-state index < -0.39 is 0 Å². The second kappa shape index (κ2) is 9.75. The van der Waals surface area contributed by atoms with Crippen molar-refractivity contribution in [3.63, 3.8) is 0 Å². The first kappa shape index (κ1) is 20.4. The third-order valence-electron chi connectivity index (χ3n) is 4.97. The maximum atomic E-state index is 5.77. The Labute approximate surface area is 168 Å². The molecule has 1 N–H and O–H groups in total. The fourth-order valence-corrected chi connectivity index (χ4v) is 3.18. The lowest BCUT2D eigenvalue weighted by atomic mass is 10.1. The number of pyridine rings is 1. The summed E-state index contributed by atoms with van der Waals surface area (Å²) in [6.07, 6.45) is 0. The van der Waals surface area contributed by atoms with Gasteiger partial charge in [0.2, 0.25) is 0 Å². The molecule has 2 aromatic rings. The summed E-state index contributed by atoms with van der Waals surface area (Å²) in [6.45, 7) is 9.17. The van der Waals surface area contributed by atoms with Crippen molar-refractivity contribution in [2.45, 2.75) is 19.9 Å². The molecule has 0 saturated carbocycles. The van der Waals surface area contributed by atoms with Crippen LogP contribution >= 0.6 is 0 Å². The van der Waals surface area contributed by atoms with Gasteiger partial charge in [-0.15, -0.1) is 0 Å². The number of hydrogen-bond donors (Lipinski definition) is 1. The quantitative estimate of drug-likeness (QED) is 0.753. The van der Waals surface area contributed by atoms with Gasteiger partial charge in [0.15, 0.2) is 0 Å². The molecule has 6 heteroatoms. The number of likely N-dealkylation sites (N-methyl/N-ethyl adjacent to an activating group) is 1. The molecule has 0 bridgehead atoms. The molecule has 2 heterocycles. The van der Waals surface area contributed by atoms with Crippen LogP contribution in [0.1, 0.15) is 24.2 Å². The smallest absolute Gasteiger partial charge is 0.129 e. The minimum absolute atomic E-state index is 0.186. The van der Waals surface area contributed by atoms with E-state index in [-0.39, 0.29) is 6.04 Å². The minimum atomic E-state index is 0.186. The molecule has 0 amide bonds. The van der Waals surface area contributed by atoms with E-state index in [4.69, 9.17) is 14.5 Å². The predicted molar refractivity (Wildman–Crippen MR) is 115 cm³/mol. The van der Waals surface area contributed by atoms with Crippen molar-refractivity contribution in [1.82, 2.24) is 9.88 Å². The van der Waals surface area contributed by atoms with Gasteiger partial charge in [0.05, 0.1) is 24.6 Å². The van der Waals surface area contributed by atoms with Gasteiger partial charge >= 0.3 is 0 Å². The normalized spacial score (nSPS) is 15.5. The van der Waals surface area contributed by atoms with Crippen LogP contribution in [0.5, 0.6) is 5.75 Å². The minimum Gasteiger partial charge on any atom is -0.492 e. The zero-order valence-corrected chi connectivity index (χ0v) is 17.4. The second-order valence-corrected chi connectivity index (χ2v) is 7.49. The Bertz CT molecular complexity index is 743. The average molecular weight is 385 g/mol. The van der Waals surface area contributed by atoms with E-state index >= 15 is 0 Å². The molecule has 1 atom stereocenters. The van der Waals surface area contributed by atoms with Crippen LogP contribution in [0.3, 0.4) is 0 Å². The summed E-state index contributed by atoms with van der Waals surface area (Å²) in [5.41, 5.74) is 3.30. The fourth-order valence-electron chi connectivity index (χ4n) is 3.18. The SMILES string of the molecule is Cc1nc(N2CCOCC2)ccc1NC(C)c1ccc(OCCN(C)C)cc1. The van der Waals surface area contributed by atoms with Gasteiger partial charge in [-0.2, -0.15) is 0 Å². The lowest BCUT2D eigenvalue weighted by molar-refractivity contribution is 0.122. The molecule has 1 saturated heterocycles. The number of rotatable bonds is 8. The molecule has 1 aliphatic heterocycles. The summed E-state index contributed by atoms with van der Waals surface area (Å²) in [7, 11) is 4.09. The van der Waals surface area contributed by atoms with E-state index in [1.54, 1.807) is 0 Å². The third kappa shape index (κ3) is 5.59. The summed E-state index contributed by atoms with van der Waals surface area (Å²) in [5.74, 6) is 1.93. The molecule has 28 heavy (non-hydrogen) atoms. The number of aromatic nitrogens is 1. The van der Waals surface area contributed by atoms with Crippen LogP contribution in [0, 0.1) is 6.92 Å². The van der Waals surface area contributed by atoms with Crippen molar-refractivity contribution in [2.24, 2.45) is 0 Å². The topological polar surface area (TPSA) is 49.9 Å². The molecule has 152 valence electrons. The first-order valence-corrected chi connectivity index (χ1v) is 9.97. The Balaban J connectivity index is 1.58. The van der Waals surface area contributed by atoms with Gasteiger partial charge in [0, 0.05) is 25.7 Å². The van der Waals surface area contributed by atoms with Crippen LogP contribution in [0.25, 0.3) is 0 Å². The standard InChI is InChI=1S/C22H32N4O2/c1-17(19-5-7-20(8-6-19)28-16-11-25(3)4)23-21-9-10-22(24-18(21)2)26-12-14-27-15-13-26/h5-10,17,23H,11-16H2,1-4H3. The Hall–Kier alpha value is -2.31. The zero-order chi connectivity index (χ0) is 19.9. The maximum Gasteiger partial charge on any atom is 0.129 e. The Morgan fingerprint density at radius 1 is 1.14 bits per heavy atom. The van der Waals surface area contributed by atoms with Gasteiger partial charge in [0.25, 0.3) is 0 Å². The number of nitrogens with zero attached hydrogens (tertiary/aromatic N) is 3. The number of nitrogens with one attached hydrogen (secondary N) is 1. The number of benzene rings is 1. The summed E-state index contributed by atoms with van der Waals surface area (Å²) in [6, 6.07) is 12.7. The van der Waals surface area contributed by atoms with Crippen molar-refractivity contribution in [3.8, 4) is 5.75 Å². The van der Waals surface area contributed by atoms with Crippen molar-refractivity contribution in [2.75, 3.05) is 63.8 Å². The molecular weight excluding hydrogens is 352 g/mol. The molecule has 1 aliphatic rings. The van der Waals surface area contributed by atoms with Gasteiger partial charge in [-0.25, -0.2) is 4.98 Å². The molecule has 0 radical (unpaired) electrons. The largest absolute Gasteiger partial charge is 0.492 e. The zero-order valence-electron chi connectivity index (χ0n) is 17.4. The highest BCUT2D eigenvalue weighted by molar-refractivity contribution is 5.55. The number of aryl methyl sites for hydroxylation is 1. The lowest BCUT2D eigenvalue weighted by Crippen LogP contribution is -2.36. The lowest BCUT2D eigenvalue weighted by Gasteiger charge is -2.28. The number of anilines is 2. The molecular formula is C22H32N4O2. The number of ether oxygens (including phenoxy) is 2. The van der Waals surface area contributed by atoms with E-state index in [0.717, 1.165) is 55.8 Å². The molecule has 1 aromatic heterocycles. The summed E-state index contributed by atoms with van der Waals surface area (Å²) >= 11 is 0. The van der Waals surface area contributed by atoms with Crippen LogP contribution in [0.2, 0.25) is 0 Å². The summed E-state index contributed by atoms with van der Waals surface area (Å²) < 4.78 is 11.2. The Morgan fingerprint density at radius 2 is 1.86 bits per heavy atom. The highest BCUT2D eigenvalue weighted by Crippen LogP contribution is 2.25. The highest BCUT2D eigenvalue weighted by atomic mass is 16.5. The molecule has 6 nitrogen and oxygen atoms in total. The monoisotopic (exact) mass is 384 g/mol. The number of hydrogen-bond acceptors (Lipinski definition) is 6. The van der Waals surface area contributed by atoms with Gasteiger partial charge in [-0.3, -0.25) is 0 Å². The van der Waals surface area contributed by atoms with E-state index in [1.807, 2.05) is 26.2 Å². The van der Waals surface area contributed by atoms with Gasteiger partial charge in [0.1, 0.15) is 18.2 Å². The third-order valence-corrected chi connectivity index (χ3v) is 4.97. The molecule has 1 unspecified atom stereocenters. The van der Waals surface area contributed by atoms with E-state index in [0.29, 0.717) is 6.61 Å². The van der Waals surface area contributed by atoms with Crippen LogP contribution < -0.4 is 15.0 Å².